The molecule has 2 bridgehead atoms. The van der Waals surface area contributed by atoms with Crippen LogP contribution < -0.4 is 0 Å². The molecule has 11 heavy (non-hydrogen) atoms. The fourth-order valence-corrected chi connectivity index (χ4v) is 3.35. The first-order chi connectivity index (χ1) is 5.16. The van der Waals surface area contributed by atoms with Crippen LogP contribution >= 0.6 is 0 Å². The van der Waals surface area contributed by atoms with E-state index in [0.717, 1.165) is 11.8 Å². The molecule has 0 aliphatic heterocycles. The lowest BCUT2D eigenvalue weighted by Crippen LogP contribution is -2.32. The first kappa shape index (κ1) is 7.60. The highest BCUT2D eigenvalue weighted by molar-refractivity contribution is 5.01. The van der Waals surface area contributed by atoms with Crippen LogP contribution in [0.15, 0.2) is 0 Å². The van der Waals surface area contributed by atoms with Crippen LogP contribution in [-0.4, -0.2) is 11.7 Å². The second-order valence-electron chi connectivity index (χ2n) is 4.88. The molecule has 1 unspecified atom stereocenters. The third-order valence-corrected chi connectivity index (χ3v) is 4.25. The summed E-state index contributed by atoms with van der Waals surface area (Å²) in [6.07, 6.45) is 4.17. The SMILES string of the molecule is CC1(C)C(CO)[C@H]2CC[C@@H]1C2. The smallest absolute Gasteiger partial charge is 0.0467 e. The van der Waals surface area contributed by atoms with Gasteiger partial charge >= 0.3 is 0 Å². The van der Waals surface area contributed by atoms with E-state index in [-0.39, 0.29) is 0 Å². The molecule has 2 saturated carbocycles. The summed E-state index contributed by atoms with van der Waals surface area (Å²) in [6, 6.07) is 0. The van der Waals surface area contributed by atoms with Gasteiger partial charge in [-0.2, -0.15) is 0 Å². The zero-order valence-corrected chi connectivity index (χ0v) is 7.51. The molecule has 3 atom stereocenters. The number of fused-ring (bicyclic) bond motifs is 2. The molecule has 64 valence electrons. The Bertz CT molecular complexity index is 162. The van der Waals surface area contributed by atoms with Gasteiger partial charge in [-0.1, -0.05) is 13.8 Å². The molecular formula is C10H18O. The van der Waals surface area contributed by atoms with E-state index in [0.29, 0.717) is 17.9 Å². The van der Waals surface area contributed by atoms with E-state index >= 15 is 0 Å². The van der Waals surface area contributed by atoms with E-state index in [4.69, 9.17) is 0 Å². The molecule has 1 nitrogen and oxygen atoms in total. The summed E-state index contributed by atoms with van der Waals surface area (Å²) in [6.45, 7) is 5.07. The Kier molecular flexibility index (Phi) is 1.54. The van der Waals surface area contributed by atoms with Crippen LogP contribution in [0.1, 0.15) is 33.1 Å². The average molecular weight is 154 g/mol. The van der Waals surface area contributed by atoms with Crippen LogP contribution in [0.25, 0.3) is 0 Å². The first-order valence-corrected chi connectivity index (χ1v) is 4.77. The van der Waals surface area contributed by atoms with Crippen molar-refractivity contribution in [2.24, 2.45) is 23.2 Å². The highest BCUT2D eigenvalue weighted by Gasteiger charge is 2.51. The van der Waals surface area contributed by atoms with Gasteiger partial charge in [-0.05, 0) is 42.4 Å². The van der Waals surface area contributed by atoms with Crippen molar-refractivity contribution in [3.63, 3.8) is 0 Å². The fraction of sp³-hybridized carbons (Fsp3) is 1.00. The number of hydrogen-bond donors (Lipinski definition) is 1. The summed E-state index contributed by atoms with van der Waals surface area (Å²) < 4.78 is 0. The molecule has 0 radical (unpaired) electrons. The van der Waals surface area contributed by atoms with Gasteiger partial charge in [-0.25, -0.2) is 0 Å². The van der Waals surface area contributed by atoms with E-state index in [9.17, 15) is 5.11 Å². The molecule has 0 aromatic heterocycles. The molecule has 0 saturated heterocycles. The Morgan fingerprint density at radius 1 is 1.36 bits per heavy atom. The quantitative estimate of drug-likeness (QED) is 0.613. The monoisotopic (exact) mass is 154 g/mol. The fourth-order valence-electron chi connectivity index (χ4n) is 3.35. The van der Waals surface area contributed by atoms with Crippen LogP contribution in [0.5, 0.6) is 0 Å². The number of aliphatic hydroxyl groups excluding tert-OH is 1. The van der Waals surface area contributed by atoms with E-state index in [1.54, 1.807) is 0 Å². The Balaban J connectivity index is 2.21. The lowest BCUT2D eigenvalue weighted by atomic mass is 9.69. The summed E-state index contributed by atoms with van der Waals surface area (Å²) in [5, 5.41) is 9.22. The van der Waals surface area contributed by atoms with Crippen molar-refractivity contribution in [1.29, 1.82) is 0 Å². The molecule has 0 amide bonds. The Morgan fingerprint density at radius 2 is 2.09 bits per heavy atom. The lowest BCUT2D eigenvalue weighted by molar-refractivity contribution is 0.0638. The second-order valence-corrected chi connectivity index (χ2v) is 4.88. The first-order valence-electron chi connectivity index (χ1n) is 4.77. The van der Waals surface area contributed by atoms with Crippen molar-refractivity contribution in [3.05, 3.63) is 0 Å². The number of rotatable bonds is 1. The van der Waals surface area contributed by atoms with Crippen LogP contribution in [0.3, 0.4) is 0 Å². The highest BCUT2D eigenvalue weighted by atomic mass is 16.3. The Hall–Kier alpha value is -0.0400. The Labute approximate surface area is 68.8 Å². The molecule has 0 aromatic rings. The molecule has 1 heteroatoms. The maximum atomic E-state index is 9.22. The molecule has 0 spiro atoms. The normalized spacial score (nSPS) is 46.6. The molecule has 1 N–H and O–H groups in total. The van der Waals surface area contributed by atoms with E-state index in [1.807, 2.05) is 0 Å². The zero-order valence-electron chi connectivity index (χ0n) is 7.51. The average Bonchev–Trinajstić information content (AvgIpc) is 2.44. The van der Waals surface area contributed by atoms with Gasteiger partial charge in [0.05, 0.1) is 0 Å². The van der Waals surface area contributed by atoms with Crippen molar-refractivity contribution < 1.29 is 5.11 Å². The maximum absolute atomic E-state index is 9.22. The Morgan fingerprint density at radius 3 is 2.45 bits per heavy atom. The predicted molar refractivity (Wildman–Crippen MR) is 45.2 cm³/mol. The third-order valence-electron chi connectivity index (χ3n) is 4.25. The highest BCUT2D eigenvalue weighted by Crippen LogP contribution is 2.58. The van der Waals surface area contributed by atoms with Gasteiger partial charge in [0, 0.05) is 6.61 Å². The standard InChI is InChI=1S/C10H18O/c1-10(2)8-4-3-7(5-8)9(10)6-11/h7-9,11H,3-6H2,1-2H3/t7-,8+,9?/m0/s1. The van der Waals surface area contributed by atoms with E-state index in [1.165, 1.54) is 19.3 Å². The minimum atomic E-state index is 0.411. The summed E-state index contributed by atoms with van der Waals surface area (Å²) in [5.41, 5.74) is 0.428. The molecule has 2 aliphatic rings. The van der Waals surface area contributed by atoms with Crippen molar-refractivity contribution in [2.75, 3.05) is 6.61 Å². The molecule has 0 heterocycles. The van der Waals surface area contributed by atoms with Crippen molar-refractivity contribution in [1.82, 2.24) is 0 Å². The molecular weight excluding hydrogens is 136 g/mol. The number of aliphatic hydroxyl groups is 1. The van der Waals surface area contributed by atoms with Crippen LogP contribution in [0.2, 0.25) is 0 Å². The summed E-state index contributed by atoms with van der Waals surface area (Å²) >= 11 is 0. The van der Waals surface area contributed by atoms with Crippen LogP contribution in [0.4, 0.5) is 0 Å². The number of hydrogen-bond acceptors (Lipinski definition) is 1. The van der Waals surface area contributed by atoms with E-state index in [2.05, 4.69) is 13.8 Å². The van der Waals surface area contributed by atoms with Crippen LogP contribution in [-0.2, 0) is 0 Å². The molecule has 2 aliphatic carbocycles. The van der Waals surface area contributed by atoms with Crippen molar-refractivity contribution >= 4 is 0 Å². The second kappa shape index (κ2) is 2.22. The third kappa shape index (κ3) is 0.868. The minimum absolute atomic E-state index is 0.411. The maximum Gasteiger partial charge on any atom is 0.0467 e. The van der Waals surface area contributed by atoms with Crippen LogP contribution in [0, 0.1) is 23.2 Å². The van der Waals surface area contributed by atoms with Gasteiger partial charge in [-0.3, -0.25) is 0 Å². The van der Waals surface area contributed by atoms with Gasteiger partial charge in [-0.15, -0.1) is 0 Å². The van der Waals surface area contributed by atoms with Crippen molar-refractivity contribution in [2.45, 2.75) is 33.1 Å². The van der Waals surface area contributed by atoms with Crippen molar-refractivity contribution in [3.8, 4) is 0 Å². The predicted octanol–water partition coefficient (Wildman–Crippen LogP) is 2.05. The zero-order chi connectivity index (χ0) is 8.06. The van der Waals surface area contributed by atoms with Gasteiger partial charge in [0.2, 0.25) is 0 Å². The van der Waals surface area contributed by atoms with Gasteiger partial charge in [0.1, 0.15) is 0 Å². The van der Waals surface area contributed by atoms with E-state index < -0.39 is 0 Å². The van der Waals surface area contributed by atoms with Gasteiger partial charge in [0.15, 0.2) is 0 Å². The summed E-state index contributed by atoms with van der Waals surface area (Å²) in [7, 11) is 0. The van der Waals surface area contributed by atoms with Gasteiger partial charge < -0.3 is 5.11 Å². The lowest BCUT2D eigenvalue weighted by Gasteiger charge is -2.37. The summed E-state index contributed by atoms with van der Waals surface area (Å²) in [4.78, 5) is 0. The molecule has 0 aromatic carbocycles. The molecule has 2 fully saturated rings. The van der Waals surface area contributed by atoms with Gasteiger partial charge in [0.25, 0.3) is 0 Å². The minimum Gasteiger partial charge on any atom is -0.396 e. The topological polar surface area (TPSA) is 20.2 Å². The largest absolute Gasteiger partial charge is 0.396 e. The molecule has 2 rings (SSSR count). The summed E-state index contributed by atoms with van der Waals surface area (Å²) in [5.74, 6) is 2.35.